The lowest BCUT2D eigenvalue weighted by atomic mass is 9.89. The quantitative estimate of drug-likeness (QED) is 0.338. The maximum absolute atomic E-state index is 14.2. The van der Waals surface area contributed by atoms with Gasteiger partial charge in [0, 0.05) is 30.7 Å². The lowest BCUT2D eigenvalue weighted by Gasteiger charge is -2.36. The fourth-order valence-electron chi connectivity index (χ4n) is 5.42. The number of benzene rings is 4. The molecule has 1 aliphatic rings. The Hall–Kier alpha value is -3.23. The fraction of sp³-hybridized carbons (Fsp3) is 0.258. The molecule has 39 heavy (non-hydrogen) atoms. The summed E-state index contributed by atoms with van der Waals surface area (Å²) < 4.78 is 25.1. The minimum atomic E-state index is -4.03. The molecule has 1 saturated heterocycles. The van der Waals surface area contributed by atoms with Crippen molar-refractivity contribution in [3.63, 3.8) is 0 Å². The van der Waals surface area contributed by atoms with Gasteiger partial charge in [0.1, 0.15) is 0 Å². The molecule has 1 fully saturated rings. The SMILES string of the molecule is Cc1ccc(S(N)(=O)=O)c([C@@H](Cc2ccc(Cl)cc2)C(=O)N2CCN[C@H](Cc3ccc4ccccc4c3)C2)c1. The number of rotatable bonds is 7. The number of nitrogens with one attached hydrogen (secondary N) is 1. The number of hydrogen-bond acceptors (Lipinski definition) is 4. The summed E-state index contributed by atoms with van der Waals surface area (Å²) in [5.41, 5.74) is 3.39. The Morgan fingerprint density at radius 3 is 2.46 bits per heavy atom. The first-order valence-corrected chi connectivity index (χ1v) is 15.0. The summed E-state index contributed by atoms with van der Waals surface area (Å²) in [6, 6.07) is 27.1. The van der Waals surface area contributed by atoms with Gasteiger partial charge in [-0.15, -0.1) is 0 Å². The number of nitrogens with two attached hydrogens (primary N) is 1. The van der Waals surface area contributed by atoms with Gasteiger partial charge >= 0.3 is 0 Å². The molecule has 0 spiro atoms. The molecule has 0 bridgehead atoms. The number of fused-ring (bicyclic) bond motifs is 1. The average molecular weight is 562 g/mol. The van der Waals surface area contributed by atoms with E-state index >= 15 is 0 Å². The first-order valence-electron chi connectivity index (χ1n) is 13.0. The maximum Gasteiger partial charge on any atom is 0.238 e. The highest BCUT2D eigenvalue weighted by atomic mass is 35.5. The van der Waals surface area contributed by atoms with Crippen LogP contribution < -0.4 is 10.5 Å². The zero-order valence-electron chi connectivity index (χ0n) is 21.8. The number of halogens is 1. The first-order chi connectivity index (χ1) is 18.7. The third-order valence-electron chi connectivity index (χ3n) is 7.36. The molecule has 6 nitrogen and oxygen atoms in total. The van der Waals surface area contributed by atoms with Crippen LogP contribution in [0.1, 0.15) is 28.2 Å². The van der Waals surface area contributed by atoms with Crippen LogP contribution in [0.15, 0.2) is 89.8 Å². The molecule has 3 N–H and O–H groups in total. The summed E-state index contributed by atoms with van der Waals surface area (Å²) in [6.45, 7) is 3.61. The molecule has 0 unspecified atom stereocenters. The van der Waals surface area contributed by atoms with Gasteiger partial charge in [0.05, 0.1) is 10.8 Å². The van der Waals surface area contributed by atoms with Gasteiger partial charge in [-0.1, -0.05) is 83.9 Å². The van der Waals surface area contributed by atoms with Crippen molar-refractivity contribution in [3.05, 3.63) is 112 Å². The van der Waals surface area contributed by atoms with Crippen molar-refractivity contribution in [1.29, 1.82) is 0 Å². The summed E-state index contributed by atoms with van der Waals surface area (Å²) in [5.74, 6) is -0.815. The number of carbonyl (C=O) groups is 1. The molecular weight excluding hydrogens is 530 g/mol. The lowest BCUT2D eigenvalue weighted by molar-refractivity contribution is -0.134. The van der Waals surface area contributed by atoms with Crippen LogP contribution in [0.25, 0.3) is 10.8 Å². The molecule has 0 aromatic heterocycles. The molecule has 4 aromatic rings. The van der Waals surface area contributed by atoms with E-state index in [4.69, 9.17) is 16.7 Å². The van der Waals surface area contributed by atoms with Crippen molar-refractivity contribution in [1.82, 2.24) is 10.2 Å². The van der Waals surface area contributed by atoms with E-state index in [0.717, 1.165) is 17.5 Å². The van der Waals surface area contributed by atoms with Gasteiger partial charge in [-0.3, -0.25) is 4.79 Å². The number of piperazine rings is 1. The number of amides is 1. The molecule has 0 radical (unpaired) electrons. The third kappa shape index (κ3) is 6.50. The van der Waals surface area contributed by atoms with Crippen molar-refractivity contribution in [2.75, 3.05) is 19.6 Å². The van der Waals surface area contributed by atoms with E-state index in [1.807, 2.05) is 36.1 Å². The normalized spacial score (nSPS) is 16.8. The van der Waals surface area contributed by atoms with Crippen LogP contribution in [0.4, 0.5) is 0 Å². The zero-order valence-corrected chi connectivity index (χ0v) is 23.4. The van der Waals surface area contributed by atoms with Crippen molar-refractivity contribution < 1.29 is 13.2 Å². The number of hydrogen-bond donors (Lipinski definition) is 2. The molecule has 5 rings (SSSR count). The third-order valence-corrected chi connectivity index (χ3v) is 8.60. The van der Waals surface area contributed by atoms with Gasteiger partial charge in [-0.05, 0) is 65.4 Å². The van der Waals surface area contributed by atoms with Gasteiger partial charge in [0.25, 0.3) is 0 Å². The van der Waals surface area contributed by atoms with E-state index in [-0.39, 0.29) is 16.8 Å². The largest absolute Gasteiger partial charge is 0.339 e. The highest BCUT2D eigenvalue weighted by Crippen LogP contribution is 2.31. The van der Waals surface area contributed by atoms with E-state index in [2.05, 4.69) is 35.6 Å². The molecule has 1 amide bonds. The summed E-state index contributed by atoms with van der Waals surface area (Å²) >= 11 is 6.09. The second-order valence-electron chi connectivity index (χ2n) is 10.3. The number of aryl methyl sites for hydroxylation is 1. The van der Waals surface area contributed by atoms with Crippen molar-refractivity contribution in [3.8, 4) is 0 Å². The van der Waals surface area contributed by atoms with Crippen LogP contribution in [-0.4, -0.2) is 44.9 Å². The molecule has 0 saturated carbocycles. The van der Waals surface area contributed by atoms with E-state index < -0.39 is 15.9 Å². The second-order valence-corrected chi connectivity index (χ2v) is 12.3. The van der Waals surface area contributed by atoms with Crippen molar-refractivity contribution in [2.45, 2.75) is 36.6 Å². The van der Waals surface area contributed by atoms with Crippen LogP contribution in [-0.2, 0) is 27.7 Å². The molecule has 1 aliphatic heterocycles. The first kappa shape index (κ1) is 27.3. The van der Waals surface area contributed by atoms with Gasteiger partial charge in [0.2, 0.25) is 15.9 Å². The predicted molar refractivity (Wildman–Crippen MR) is 156 cm³/mol. The lowest BCUT2D eigenvalue weighted by Crippen LogP contribution is -2.54. The van der Waals surface area contributed by atoms with Crippen molar-refractivity contribution in [2.24, 2.45) is 5.14 Å². The number of nitrogens with zero attached hydrogens (tertiary/aromatic N) is 1. The Morgan fingerprint density at radius 1 is 1.00 bits per heavy atom. The van der Waals surface area contributed by atoms with Gasteiger partial charge in [-0.25, -0.2) is 13.6 Å². The number of sulfonamides is 1. The highest BCUT2D eigenvalue weighted by Gasteiger charge is 2.33. The molecule has 2 atom stereocenters. The predicted octanol–water partition coefficient (Wildman–Crippen LogP) is 4.82. The maximum atomic E-state index is 14.2. The average Bonchev–Trinajstić information content (AvgIpc) is 2.92. The minimum absolute atomic E-state index is 0.0109. The van der Waals surface area contributed by atoms with E-state index in [0.29, 0.717) is 36.6 Å². The minimum Gasteiger partial charge on any atom is -0.339 e. The van der Waals surface area contributed by atoms with Crippen LogP contribution in [0.2, 0.25) is 5.02 Å². The second kappa shape index (κ2) is 11.5. The summed E-state index contributed by atoms with van der Waals surface area (Å²) in [4.78, 5) is 16.0. The summed E-state index contributed by atoms with van der Waals surface area (Å²) in [6.07, 6.45) is 1.12. The Labute approximate surface area is 234 Å². The number of primary sulfonamides is 1. The van der Waals surface area contributed by atoms with Crippen LogP contribution >= 0.6 is 11.6 Å². The molecule has 0 aliphatic carbocycles. The van der Waals surface area contributed by atoms with Gasteiger partial charge < -0.3 is 10.2 Å². The smallest absolute Gasteiger partial charge is 0.238 e. The Balaban J connectivity index is 1.43. The number of carbonyl (C=O) groups excluding carboxylic acids is 1. The Morgan fingerprint density at radius 2 is 1.72 bits per heavy atom. The van der Waals surface area contributed by atoms with E-state index in [1.54, 1.807) is 24.3 Å². The molecule has 1 heterocycles. The molecule has 8 heteroatoms. The fourth-order valence-corrected chi connectivity index (χ4v) is 6.33. The Kier molecular flexibility index (Phi) is 8.05. The topological polar surface area (TPSA) is 92.5 Å². The zero-order chi connectivity index (χ0) is 27.6. The van der Waals surface area contributed by atoms with E-state index in [9.17, 15) is 13.2 Å². The van der Waals surface area contributed by atoms with Crippen molar-refractivity contribution >= 4 is 38.3 Å². The summed E-state index contributed by atoms with van der Waals surface area (Å²) in [5, 5.41) is 12.1. The Bertz CT molecular complexity index is 1610. The van der Waals surface area contributed by atoms with Crippen LogP contribution in [0, 0.1) is 6.92 Å². The van der Waals surface area contributed by atoms with Crippen LogP contribution in [0.5, 0.6) is 0 Å². The molecule has 202 valence electrons. The summed E-state index contributed by atoms with van der Waals surface area (Å²) in [7, 11) is -4.03. The molecular formula is C31H32ClN3O3S. The highest BCUT2D eigenvalue weighted by molar-refractivity contribution is 7.89. The van der Waals surface area contributed by atoms with Gasteiger partial charge in [0.15, 0.2) is 0 Å². The van der Waals surface area contributed by atoms with Crippen LogP contribution in [0.3, 0.4) is 0 Å². The molecule has 4 aromatic carbocycles. The monoisotopic (exact) mass is 561 g/mol. The standard InChI is InChI=1S/C31H32ClN3O3S/c1-21-6-13-30(39(33,37)38)28(16-21)29(19-22-8-11-26(32)12-9-22)31(36)35-15-14-34-27(20-35)18-23-7-10-24-4-2-3-5-25(24)17-23/h2-13,16-17,27,29,34H,14-15,18-20H2,1H3,(H2,33,37,38)/t27-,29-/m1/s1. The van der Waals surface area contributed by atoms with E-state index in [1.165, 1.54) is 22.4 Å². The van der Waals surface area contributed by atoms with Gasteiger partial charge in [-0.2, -0.15) is 0 Å².